The van der Waals surface area contributed by atoms with Crippen LogP contribution < -0.4 is 10.7 Å². The van der Waals surface area contributed by atoms with E-state index in [0.29, 0.717) is 4.83 Å². The van der Waals surface area contributed by atoms with Crippen LogP contribution in [-0.2, 0) is 0 Å². The Morgan fingerprint density at radius 3 is 2.71 bits per heavy atom. The normalized spacial score (nSPS) is 14.1. The van der Waals surface area contributed by atoms with Crippen molar-refractivity contribution in [2.75, 3.05) is 0 Å². The van der Waals surface area contributed by atoms with Crippen LogP contribution in [0.25, 0.3) is 0 Å². The summed E-state index contributed by atoms with van der Waals surface area (Å²) in [6, 6.07) is 1.45. The van der Waals surface area contributed by atoms with Gasteiger partial charge in [0.25, 0.3) is 5.91 Å². The van der Waals surface area contributed by atoms with E-state index in [0.717, 1.165) is 12.1 Å². The lowest BCUT2D eigenvalue weighted by molar-refractivity contribution is 0.0937. The Hall–Kier alpha value is -1.10. The fraction of sp³-hybridized carbons (Fsp3) is 0.500. The average Bonchev–Trinajstić information content (AvgIpc) is 2.15. The largest absolute Gasteiger partial charge is 0.364 e. The molecule has 0 saturated heterocycles. The molecule has 1 aromatic rings. The first-order chi connectivity index (χ1) is 7.90. The summed E-state index contributed by atoms with van der Waals surface area (Å²) < 4.78 is 0. The monoisotopic (exact) mass is 300 g/mol. The Kier molecular flexibility index (Phi) is 4.93. The van der Waals surface area contributed by atoms with E-state index in [-0.39, 0.29) is 22.9 Å². The number of nitrogens with one attached hydrogen (secondary N) is 2. The number of hydrogen-bond acceptors (Lipinski definition) is 2. The van der Waals surface area contributed by atoms with Crippen molar-refractivity contribution in [2.45, 2.75) is 38.1 Å². The van der Waals surface area contributed by atoms with Crippen LogP contribution in [-0.4, -0.2) is 21.8 Å². The zero-order valence-electron chi connectivity index (χ0n) is 10.2. The first kappa shape index (κ1) is 14.0. The van der Waals surface area contributed by atoms with Crippen LogP contribution in [0.15, 0.2) is 17.1 Å². The van der Waals surface area contributed by atoms with Crippen LogP contribution in [0.3, 0.4) is 0 Å². The van der Waals surface area contributed by atoms with Gasteiger partial charge < -0.3 is 10.3 Å². The Bertz CT molecular complexity index is 454. The van der Waals surface area contributed by atoms with Crippen molar-refractivity contribution in [3.05, 3.63) is 33.7 Å². The molecular formula is C12H17BrN2O2. The smallest absolute Gasteiger partial charge is 0.256 e. The third-order valence-corrected chi connectivity index (χ3v) is 2.73. The topological polar surface area (TPSA) is 62.0 Å². The molecule has 0 bridgehead atoms. The van der Waals surface area contributed by atoms with E-state index in [2.05, 4.69) is 26.2 Å². The molecule has 0 spiro atoms. The molecule has 17 heavy (non-hydrogen) atoms. The van der Waals surface area contributed by atoms with Crippen molar-refractivity contribution in [1.82, 2.24) is 10.3 Å². The van der Waals surface area contributed by atoms with Crippen LogP contribution in [0.1, 0.15) is 36.3 Å². The van der Waals surface area contributed by atoms with Gasteiger partial charge in [-0.2, -0.15) is 0 Å². The number of carbonyl (C=O) groups is 1. The molecule has 4 nitrogen and oxygen atoms in total. The summed E-state index contributed by atoms with van der Waals surface area (Å²) >= 11 is 3.43. The molecule has 0 aromatic carbocycles. The first-order valence-electron chi connectivity index (χ1n) is 5.54. The Balaban J connectivity index is 2.73. The highest BCUT2D eigenvalue weighted by atomic mass is 79.9. The lowest BCUT2D eigenvalue weighted by atomic mass is 10.1. The standard InChI is InChI=1S/C12H17BrN2O2/c1-7(13)4-9(3)15-12(17)10-6-14-8(2)5-11(10)16/h5-7,9H,4H2,1-3H3,(H,14,16)(H,15,17). The third kappa shape index (κ3) is 4.34. The van der Waals surface area contributed by atoms with Crippen molar-refractivity contribution in [3.63, 3.8) is 0 Å². The second kappa shape index (κ2) is 6.00. The number of amides is 1. The molecular weight excluding hydrogens is 284 g/mol. The minimum Gasteiger partial charge on any atom is -0.364 e. The predicted molar refractivity (Wildman–Crippen MR) is 71.7 cm³/mol. The first-order valence-corrected chi connectivity index (χ1v) is 6.46. The number of alkyl halides is 1. The van der Waals surface area contributed by atoms with Crippen molar-refractivity contribution < 1.29 is 4.79 Å². The highest BCUT2D eigenvalue weighted by Gasteiger charge is 2.14. The minimum atomic E-state index is -0.327. The van der Waals surface area contributed by atoms with E-state index < -0.39 is 0 Å². The summed E-state index contributed by atoms with van der Waals surface area (Å²) in [4.78, 5) is 26.6. The van der Waals surface area contributed by atoms with Crippen molar-refractivity contribution in [1.29, 1.82) is 0 Å². The fourth-order valence-corrected chi connectivity index (χ4v) is 2.16. The molecule has 0 saturated carbocycles. The van der Waals surface area contributed by atoms with Gasteiger partial charge in [-0.15, -0.1) is 0 Å². The van der Waals surface area contributed by atoms with Gasteiger partial charge in [0.1, 0.15) is 5.56 Å². The number of H-pyrrole nitrogens is 1. The van der Waals surface area contributed by atoms with E-state index in [4.69, 9.17) is 0 Å². The molecule has 2 unspecified atom stereocenters. The van der Waals surface area contributed by atoms with Crippen LogP contribution in [0.5, 0.6) is 0 Å². The van der Waals surface area contributed by atoms with Gasteiger partial charge in [0.05, 0.1) is 0 Å². The maximum absolute atomic E-state index is 11.8. The van der Waals surface area contributed by atoms with Crippen molar-refractivity contribution >= 4 is 21.8 Å². The Labute approximate surface area is 109 Å². The summed E-state index contributed by atoms with van der Waals surface area (Å²) in [5.74, 6) is -0.327. The number of aromatic amines is 1. The van der Waals surface area contributed by atoms with Gasteiger partial charge >= 0.3 is 0 Å². The number of aryl methyl sites for hydroxylation is 1. The number of rotatable bonds is 4. The second-order valence-electron chi connectivity index (χ2n) is 4.28. The molecule has 5 heteroatoms. The molecule has 1 amide bonds. The van der Waals surface area contributed by atoms with Gasteiger partial charge in [-0.25, -0.2) is 0 Å². The molecule has 1 rings (SSSR count). The lowest BCUT2D eigenvalue weighted by Crippen LogP contribution is -2.36. The molecule has 1 aromatic heterocycles. The van der Waals surface area contributed by atoms with Crippen LogP contribution >= 0.6 is 15.9 Å². The Morgan fingerprint density at radius 1 is 1.53 bits per heavy atom. The predicted octanol–water partition coefficient (Wildman–Crippen LogP) is 1.98. The lowest BCUT2D eigenvalue weighted by Gasteiger charge is -2.14. The number of carbonyl (C=O) groups excluding carboxylic acids is 1. The third-order valence-electron chi connectivity index (χ3n) is 2.36. The van der Waals surface area contributed by atoms with Crippen molar-refractivity contribution in [3.8, 4) is 0 Å². The average molecular weight is 301 g/mol. The van der Waals surface area contributed by atoms with Gasteiger partial charge in [0.2, 0.25) is 0 Å². The molecule has 0 aliphatic rings. The molecule has 0 radical (unpaired) electrons. The molecule has 2 N–H and O–H groups in total. The molecule has 0 fully saturated rings. The molecule has 94 valence electrons. The van der Waals surface area contributed by atoms with Gasteiger partial charge in [-0.3, -0.25) is 9.59 Å². The van der Waals surface area contributed by atoms with Gasteiger partial charge in [0, 0.05) is 28.8 Å². The van der Waals surface area contributed by atoms with E-state index in [1.165, 1.54) is 12.3 Å². The van der Waals surface area contributed by atoms with Crippen LogP contribution in [0.4, 0.5) is 0 Å². The number of halogens is 1. The molecule has 1 heterocycles. The maximum Gasteiger partial charge on any atom is 0.256 e. The zero-order chi connectivity index (χ0) is 13.0. The number of aromatic nitrogens is 1. The summed E-state index contributed by atoms with van der Waals surface area (Å²) in [5, 5.41) is 2.80. The van der Waals surface area contributed by atoms with E-state index in [9.17, 15) is 9.59 Å². The maximum atomic E-state index is 11.8. The van der Waals surface area contributed by atoms with Gasteiger partial charge in [-0.1, -0.05) is 22.9 Å². The summed E-state index contributed by atoms with van der Waals surface area (Å²) in [5.41, 5.74) is 0.649. The van der Waals surface area contributed by atoms with E-state index in [1.54, 1.807) is 6.92 Å². The fourth-order valence-electron chi connectivity index (χ4n) is 1.60. The van der Waals surface area contributed by atoms with Gasteiger partial charge in [-0.05, 0) is 20.3 Å². The molecule has 0 aliphatic heterocycles. The van der Waals surface area contributed by atoms with Crippen LogP contribution in [0, 0.1) is 6.92 Å². The quantitative estimate of drug-likeness (QED) is 0.835. The molecule has 2 atom stereocenters. The minimum absolute atomic E-state index is 0.0255. The van der Waals surface area contributed by atoms with E-state index in [1.807, 2.05) is 13.8 Å². The van der Waals surface area contributed by atoms with Crippen LogP contribution in [0.2, 0.25) is 0 Å². The highest BCUT2D eigenvalue weighted by molar-refractivity contribution is 9.09. The van der Waals surface area contributed by atoms with E-state index >= 15 is 0 Å². The number of hydrogen-bond donors (Lipinski definition) is 2. The number of pyridine rings is 1. The van der Waals surface area contributed by atoms with Gasteiger partial charge in [0.15, 0.2) is 5.43 Å². The summed E-state index contributed by atoms with van der Waals surface area (Å²) in [7, 11) is 0. The summed E-state index contributed by atoms with van der Waals surface area (Å²) in [6.07, 6.45) is 2.27. The highest BCUT2D eigenvalue weighted by Crippen LogP contribution is 2.06. The summed E-state index contributed by atoms with van der Waals surface area (Å²) in [6.45, 7) is 5.71. The van der Waals surface area contributed by atoms with Crippen molar-refractivity contribution in [2.24, 2.45) is 0 Å². The second-order valence-corrected chi connectivity index (χ2v) is 5.85. The Morgan fingerprint density at radius 2 is 2.18 bits per heavy atom. The SMILES string of the molecule is Cc1cc(=O)c(C(=O)NC(C)CC(C)Br)c[nH]1. The zero-order valence-corrected chi connectivity index (χ0v) is 11.8. The molecule has 0 aliphatic carbocycles.